The number of carbonyl (C=O) groups is 3. The molecule has 0 saturated heterocycles. The number of carbonyl (C=O) groups excluding carboxylic acids is 3. The van der Waals surface area contributed by atoms with Gasteiger partial charge in [0.05, 0.1) is 32.6 Å². The van der Waals surface area contributed by atoms with E-state index in [1.54, 1.807) is 48.5 Å². The van der Waals surface area contributed by atoms with Crippen LogP contribution in [0.15, 0.2) is 59.7 Å². The van der Waals surface area contributed by atoms with E-state index in [2.05, 4.69) is 0 Å². The highest BCUT2D eigenvalue weighted by Gasteiger charge is 2.51. The Morgan fingerprint density at radius 2 is 1.73 bits per heavy atom. The Labute approximate surface area is 190 Å². The molecule has 0 spiro atoms. The predicted molar refractivity (Wildman–Crippen MR) is 116 cm³/mol. The lowest BCUT2D eigenvalue weighted by molar-refractivity contribution is -0.141. The largest absolute Gasteiger partial charge is 0.490 e. The summed E-state index contributed by atoms with van der Waals surface area (Å²) in [5, 5.41) is 11.4. The molecule has 1 aliphatic carbocycles. The Hall–Kier alpha value is -3.65. The fraction of sp³-hybridized carbons (Fsp3) is 0.320. The summed E-state index contributed by atoms with van der Waals surface area (Å²) in [5.74, 6) is -1.28. The van der Waals surface area contributed by atoms with Gasteiger partial charge in [-0.25, -0.2) is 4.79 Å². The molecule has 0 amide bonds. The van der Waals surface area contributed by atoms with Crippen LogP contribution in [0.5, 0.6) is 11.5 Å². The number of hydrogen-bond acceptors (Lipinski definition) is 8. The molecule has 1 N–H and O–H groups in total. The molecule has 0 aromatic heterocycles. The number of hydrogen-bond donors (Lipinski definition) is 1. The highest BCUT2D eigenvalue weighted by molar-refractivity contribution is 5.91. The van der Waals surface area contributed by atoms with Crippen molar-refractivity contribution in [3.05, 3.63) is 70.8 Å². The lowest BCUT2D eigenvalue weighted by atomic mass is 9.78. The minimum Gasteiger partial charge on any atom is -0.490 e. The molecule has 1 heterocycles. The third kappa shape index (κ3) is 4.47. The number of methoxy groups -OCH3 is 2. The predicted octanol–water partition coefficient (Wildman–Crippen LogP) is 2.94. The Kier molecular flexibility index (Phi) is 6.20. The van der Waals surface area contributed by atoms with Gasteiger partial charge in [0.2, 0.25) is 0 Å². The van der Waals surface area contributed by atoms with Gasteiger partial charge in [0.15, 0.2) is 0 Å². The van der Waals surface area contributed by atoms with Gasteiger partial charge in [-0.2, -0.15) is 0 Å². The van der Waals surface area contributed by atoms with Crippen molar-refractivity contribution in [3.8, 4) is 11.5 Å². The van der Waals surface area contributed by atoms with Crippen molar-refractivity contribution in [1.82, 2.24) is 0 Å². The Bertz CT molecular complexity index is 1120. The molecule has 172 valence electrons. The Morgan fingerprint density at radius 1 is 1.03 bits per heavy atom. The molecule has 0 radical (unpaired) electrons. The van der Waals surface area contributed by atoms with Gasteiger partial charge in [-0.1, -0.05) is 29.8 Å². The van der Waals surface area contributed by atoms with Crippen LogP contribution in [-0.2, 0) is 19.1 Å². The van der Waals surface area contributed by atoms with Crippen LogP contribution >= 0.6 is 0 Å². The van der Waals surface area contributed by atoms with Crippen LogP contribution in [0.25, 0.3) is 0 Å². The minimum atomic E-state index is -1.32. The second-order valence-electron chi connectivity index (χ2n) is 8.09. The molecule has 8 nitrogen and oxygen atoms in total. The Morgan fingerprint density at radius 3 is 2.42 bits per heavy atom. The number of ether oxygens (including phenoxy) is 4. The van der Waals surface area contributed by atoms with Gasteiger partial charge in [-0.05, 0) is 23.8 Å². The first kappa shape index (κ1) is 22.5. The molecule has 2 aliphatic rings. The van der Waals surface area contributed by atoms with Gasteiger partial charge in [0, 0.05) is 24.0 Å². The average molecular weight is 452 g/mol. The van der Waals surface area contributed by atoms with Gasteiger partial charge in [0.1, 0.15) is 23.7 Å². The number of aliphatic hydroxyl groups is 1. The van der Waals surface area contributed by atoms with Gasteiger partial charge in [-0.15, -0.1) is 0 Å². The van der Waals surface area contributed by atoms with Crippen molar-refractivity contribution >= 4 is 17.9 Å². The molecule has 0 unspecified atom stereocenters. The summed E-state index contributed by atoms with van der Waals surface area (Å²) in [6.45, 7) is -0.0455. The maximum absolute atomic E-state index is 12.4. The van der Waals surface area contributed by atoms with E-state index in [-0.39, 0.29) is 25.9 Å². The summed E-state index contributed by atoms with van der Waals surface area (Å²) >= 11 is 0. The van der Waals surface area contributed by atoms with E-state index in [9.17, 15) is 19.5 Å². The van der Waals surface area contributed by atoms with E-state index in [0.29, 0.717) is 33.8 Å². The third-order valence-electron chi connectivity index (χ3n) is 6.00. The van der Waals surface area contributed by atoms with Crippen LogP contribution in [-0.4, -0.2) is 49.4 Å². The van der Waals surface area contributed by atoms with E-state index in [1.807, 2.05) is 0 Å². The van der Waals surface area contributed by atoms with Gasteiger partial charge >= 0.3 is 17.9 Å². The summed E-state index contributed by atoms with van der Waals surface area (Å²) in [4.78, 5) is 36.5. The van der Waals surface area contributed by atoms with Crippen LogP contribution in [0.3, 0.4) is 0 Å². The zero-order valence-corrected chi connectivity index (χ0v) is 18.3. The molecule has 4 rings (SSSR count). The molecule has 2 aromatic rings. The van der Waals surface area contributed by atoms with Crippen molar-refractivity contribution in [1.29, 1.82) is 0 Å². The number of fused-ring (bicyclic) bond motifs is 3. The van der Waals surface area contributed by atoms with Crippen molar-refractivity contribution in [2.45, 2.75) is 30.8 Å². The summed E-state index contributed by atoms with van der Waals surface area (Å²) in [6.07, 6.45) is 0.0625. The van der Waals surface area contributed by atoms with E-state index in [1.165, 1.54) is 14.2 Å². The first-order valence-corrected chi connectivity index (χ1v) is 10.5. The lowest BCUT2D eigenvalue weighted by Crippen LogP contribution is -2.43. The van der Waals surface area contributed by atoms with Crippen molar-refractivity contribution in [2.24, 2.45) is 0 Å². The summed E-state index contributed by atoms with van der Waals surface area (Å²) < 4.78 is 20.9. The molecule has 2 atom stereocenters. The zero-order chi connectivity index (χ0) is 23.6. The van der Waals surface area contributed by atoms with Crippen molar-refractivity contribution in [2.75, 3.05) is 20.8 Å². The van der Waals surface area contributed by atoms with Crippen LogP contribution in [0, 0.1) is 0 Å². The molecule has 8 heteroatoms. The number of rotatable bonds is 6. The normalized spacial score (nSPS) is 20.9. The standard InChI is InChI=1S/C25H24O8/c1-30-21(26)10-16-13-25(29)14-32-20-11-17(33-24(28)15-6-4-3-5-7-15)8-9-18(20)23(25)19(16)12-22(27)31-2/h3-9,11,23,29H,10,12-14H2,1-2H3/t23-,25+/m0/s1. The van der Waals surface area contributed by atoms with Gasteiger partial charge in [-0.3, -0.25) is 9.59 Å². The van der Waals surface area contributed by atoms with Crippen LogP contribution in [0.2, 0.25) is 0 Å². The molecule has 1 aliphatic heterocycles. The topological polar surface area (TPSA) is 108 Å². The highest BCUT2D eigenvalue weighted by atomic mass is 16.5. The molecular weight excluding hydrogens is 428 g/mol. The molecule has 0 bridgehead atoms. The van der Waals surface area contributed by atoms with Crippen molar-refractivity contribution in [3.63, 3.8) is 0 Å². The zero-order valence-electron chi connectivity index (χ0n) is 18.3. The summed E-state index contributed by atoms with van der Waals surface area (Å²) in [6, 6.07) is 13.5. The van der Waals surface area contributed by atoms with Crippen LogP contribution in [0.4, 0.5) is 0 Å². The van der Waals surface area contributed by atoms with E-state index >= 15 is 0 Å². The Balaban J connectivity index is 1.67. The third-order valence-corrected chi connectivity index (χ3v) is 6.00. The quantitative estimate of drug-likeness (QED) is 0.405. The maximum atomic E-state index is 12.4. The summed E-state index contributed by atoms with van der Waals surface area (Å²) in [7, 11) is 2.57. The van der Waals surface area contributed by atoms with E-state index < -0.39 is 29.4 Å². The fourth-order valence-corrected chi connectivity index (χ4v) is 4.49. The number of benzene rings is 2. The van der Waals surface area contributed by atoms with Crippen LogP contribution in [0.1, 0.15) is 41.1 Å². The first-order valence-electron chi connectivity index (χ1n) is 10.5. The SMILES string of the molecule is COC(=O)CC1=C(CC(=O)OC)[C@@H]2c3ccc(OC(=O)c4ccccc4)cc3OC[C@]2(O)C1. The van der Waals surface area contributed by atoms with Crippen LogP contribution < -0.4 is 9.47 Å². The molecular formula is C25H24O8. The smallest absolute Gasteiger partial charge is 0.343 e. The first-order chi connectivity index (χ1) is 15.8. The maximum Gasteiger partial charge on any atom is 0.343 e. The average Bonchev–Trinajstić information content (AvgIpc) is 3.10. The van der Waals surface area contributed by atoms with Gasteiger partial charge in [0.25, 0.3) is 0 Å². The van der Waals surface area contributed by atoms with Gasteiger partial charge < -0.3 is 24.1 Å². The fourth-order valence-electron chi connectivity index (χ4n) is 4.49. The molecule has 0 fully saturated rings. The molecule has 33 heavy (non-hydrogen) atoms. The lowest BCUT2D eigenvalue weighted by Gasteiger charge is -2.37. The van der Waals surface area contributed by atoms with E-state index in [0.717, 1.165) is 0 Å². The van der Waals surface area contributed by atoms with E-state index in [4.69, 9.17) is 18.9 Å². The van der Waals surface area contributed by atoms with Crippen molar-refractivity contribution < 1.29 is 38.4 Å². The highest BCUT2D eigenvalue weighted by Crippen LogP contribution is 2.54. The number of esters is 3. The molecule has 0 saturated carbocycles. The molecule has 2 aromatic carbocycles. The second-order valence-corrected chi connectivity index (χ2v) is 8.09. The summed E-state index contributed by atoms with van der Waals surface area (Å²) in [5.41, 5.74) is 0.991. The second kappa shape index (κ2) is 9.07. The monoisotopic (exact) mass is 452 g/mol. The minimum absolute atomic E-state index is 0.0380.